The monoisotopic (exact) mass is 378 g/mol. The van der Waals surface area contributed by atoms with Crippen molar-refractivity contribution >= 4 is 63.9 Å². The number of nitrogens with two attached hydrogens (primary N) is 1. The number of carbonyl (C=O) groups excluding carboxylic acids is 1. The molecule has 0 radical (unpaired) electrons. The van der Waals surface area contributed by atoms with E-state index < -0.39 is 0 Å². The maximum Gasteiger partial charge on any atom is 0.233 e. The zero-order valence-corrected chi connectivity index (χ0v) is 13.9. The van der Waals surface area contributed by atoms with Crippen LogP contribution >= 0.6 is 58.0 Å². The van der Waals surface area contributed by atoms with Crippen LogP contribution in [-0.2, 0) is 4.79 Å². The first-order valence-corrected chi connectivity index (χ1v) is 7.42. The van der Waals surface area contributed by atoms with Crippen LogP contribution in [0.5, 0.6) is 5.75 Å². The summed E-state index contributed by atoms with van der Waals surface area (Å²) in [7, 11) is 0. The number of hydrazine groups is 1. The Morgan fingerprint density at radius 2 is 1.45 bits per heavy atom. The van der Waals surface area contributed by atoms with Gasteiger partial charge in [-0.2, -0.15) is 0 Å². The Hall–Kier alpha value is -0.100. The number of benzene rings is 1. The molecule has 0 bridgehead atoms. The molecule has 0 spiro atoms. The molecule has 9 heteroatoms. The van der Waals surface area contributed by atoms with Gasteiger partial charge in [-0.1, -0.05) is 58.0 Å². The fourth-order valence-electron chi connectivity index (χ4n) is 1.35. The lowest BCUT2D eigenvalue weighted by Crippen LogP contribution is -2.29. The van der Waals surface area contributed by atoms with Crippen LogP contribution in [0.15, 0.2) is 0 Å². The lowest BCUT2D eigenvalue weighted by Gasteiger charge is -2.13. The quantitative estimate of drug-likeness (QED) is 0.191. The molecule has 0 aliphatic carbocycles. The number of unbranched alkanes of at least 4 members (excludes halogenated alkanes) is 1. The summed E-state index contributed by atoms with van der Waals surface area (Å²) in [5.41, 5.74) is 2.04. The number of halogens is 5. The molecule has 0 unspecified atom stereocenters. The van der Waals surface area contributed by atoms with Crippen molar-refractivity contribution in [2.24, 2.45) is 5.84 Å². The van der Waals surface area contributed by atoms with E-state index in [1.165, 1.54) is 0 Å². The van der Waals surface area contributed by atoms with Gasteiger partial charge in [0.25, 0.3) is 0 Å². The zero-order valence-electron chi connectivity index (χ0n) is 10.1. The molecule has 0 aromatic heterocycles. The summed E-state index contributed by atoms with van der Waals surface area (Å²) in [6.07, 6.45) is 1.52. The molecule has 0 atom stereocenters. The van der Waals surface area contributed by atoms with E-state index in [4.69, 9.17) is 68.6 Å². The van der Waals surface area contributed by atoms with Crippen LogP contribution in [0.1, 0.15) is 19.3 Å². The molecule has 112 valence electrons. The number of hydrogen-bond acceptors (Lipinski definition) is 3. The molecule has 0 fully saturated rings. The smallest absolute Gasteiger partial charge is 0.233 e. The summed E-state index contributed by atoms with van der Waals surface area (Å²) in [5.74, 6) is 4.90. The standard InChI is InChI=1S/C11H11Cl5N2O2/c12-6-7(13)9(15)11(10(16)8(6)14)20-4-2-1-3-5(19)18-17/h1-4,17H2,(H,18,19). The summed E-state index contributed by atoms with van der Waals surface area (Å²) in [6, 6.07) is 0. The van der Waals surface area contributed by atoms with Gasteiger partial charge in [-0.25, -0.2) is 5.84 Å². The molecule has 1 rings (SSSR count). The highest BCUT2D eigenvalue weighted by molar-refractivity contribution is 6.55. The Kier molecular flexibility index (Phi) is 7.51. The average Bonchev–Trinajstić information content (AvgIpc) is 2.45. The Morgan fingerprint density at radius 1 is 0.950 bits per heavy atom. The first-order chi connectivity index (χ1) is 9.40. The third kappa shape index (κ3) is 4.45. The maximum absolute atomic E-state index is 10.9. The largest absolute Gasteiger partial charge is 0.490 e. The van der Waals surface area contributed by atoms with Crippen molar-refractivity contribution in [1.29, 1.82) is 0 Å². The van der Waals surface area contributed by atoms with Gasteiger partial charge in [0.2, 0.25) is 5.91 Å². The number of nitrogens with one attached hydrogen (secondary N) is 1. The minimum absolute atomic E-state index is 0.0790. The summed E-state index contributed by atoms with van der Waals surface area (Å²) >= 11 is 29.7. The van der Waals surface area contributed by atoms with E-state index in [1.54, 1.807) is 0 Å². The molecule has 4 nitrogen and oxygen atoms in total. The number of amides is 1. The first-order valence-electron chi connectivity index (χ1n) is 5.53. The van der Waals surface area contributed by atoms with Gasteiger partial charge in [-0.15, -0.1) is 0 Å². The van der Waals surface area contributed by atoms with Crippen LogP contribution < -0.4 is 16.0 Å². The molecule has 20 heavy (non-hydrogen) atoms. The number of ether oxygens (including phenoxy) is 1. The van der Waals surface area contributed by atoms with Gasteiger partial charge in [0.05, 0.1) is 21.7 Å². The molecule has 1 aromatic rings. The average molecular weight is 380 g/mol. The van der Waals surface area contributed by atoms with Crippen molar-refractivity contribution in [1.82, 2.24) is 5.43 Å². The summed E-state index contributed by atoms with van der Waals surface area (Å²) in [6.45, 7) is 0.297. The predicted molar refractivity (Wildman–Crippen MR) is 83.2 cm³/mol. The summed E-state index contributed by atoms with van der Waals surface area (Å²) in [4.78, 5) is 10.9. The second-order valence-electron chi connectivity index (χ2n) is 3.77. The molecule has 0 aliphatic heterocycles. The Morgan fingerprint density at radius 3 is 1.95 bits per heavy atom. The minimum atomic E-state index is -0.237. The van der Waals surface area contributed by atoms with Crippen molar-refractivity contribution in [3.63, 3.8) is 0 Å². The fourth-order valence-corrected chi connectivity index (χ4v) is 2.58. The first kappa shape index (κ1) is 18.0. The van der Waals surface area contributed by atoms with Crippen molar-refractivity contribution < 1.29 is 9.53 Å². The molecule has 1 amide bonds. The van der Waals surface area contributed by atoms with Crippen LogP contribution in [0.4, 0.5) is 0 Å². The maximum atomic E-state index is 10.9. The van der Waals surface area contributed by atoms with E-state index in [0.717, 1.165) is 0 Å². The highest BCUT2D eigenvalue weighted by atomic mass is 35.5. The summed E-state index contributed by atoms with van der Waals surface area (Å²) in [5, 5.41) is 0.451. The van der Waals surface area contributed by atoms with Crippen LogP contribution in [0.25, 0.3) is 0 Å². The molecule has 3 N–H and O–H groups in total. The number of rotatable bonds is 6. The van der Waals surface area contributed by atoms with Crippen LogP contribution in [0.3, 0.4) is 0 Å². The molecule has 0 saturated carbocycles. The Balaban J connectivity index is 2.63. The van der Waals surface area contributed by atoms with E-state index in [0.29, 0.717) is 25.9 Å². The fraction of sp³-hybridized carbons (Fsp3) is 0.364. The summed E-state index contributed by atoms with van der Waals surface area (Å²) < 4.78 is 5.45. The van der Waals surface area contributed by atoms with Crippen LogP contribution in [-0.4, -0.2) is 12.5 Å². The molecule has 1 aromatic carbocycles. The lowest BCUT2D eigenvalue weighted by atomic mass is 10.2. The van der Waals surface area contributed by atoms with Crippen molar-refractivity contribution in [2.75, 3.05) is 6.61 Å². The Bertz CT molecular complexity index is 481. The number of hydrogen-bond donors (Lipinski definition) is 2. The van der Waals surface area contributed by atoms with E-state index in [2.05, 4.69) is 0 Å². The molecule has 0 heterocycles. The van der Waals surface area contributed by atoms with E-state index >= 15 is 0 Å². The Labute approximate surface area is 141 Å². The van der Waals surface area contributed by atoms with Crippen molar-refractivity contribution in [3.8, 4) is 5.75 Å². The van der Waals surface area contributed by atoms with Crippen molar-refractivity contribution in [3.05, 3.63) is 25.1 Å². The number of carbonyl (C=O) groups is 1. The highest BCUT2D eigenvalue weighted by Crippen LogP contribution is 2.48. The van der Waals surface area contributed by atoms with Gasteiger partial charge in [0.1, 0.15) is 10.0 Å². The normalized spacial score (nSPS) is 10.5. The highest BCUT2D eigenvalue weighted by Gasteiger charge is 2.20. The van der Waals surface area contributed by atoms with E-state index in [-0.39, 0.29) is 36.8 Å². The van der Waals surface area contributed by atoms with Crippen LogP contribution in [0, 0.1) is 0 Å². The van der Waals surface area contributed by atoms with E-state index in [1.807, 2.05) is 5.43 Å². The van der Waals surface area contributed by atoms with Crippen LogP contribution in [0.2, 0.25) is 25.1 Å². The van der Waals surface area contributed by atoms with Gasteiger partial charge in [0.15, 0.2) is 5.75 Å². The second kappa shape index (κ2) is 8.37. The van der Waals surface area contributed by atoms with Gasteiger partial charge in [0, 0.05) is 6.42 Å². The van der Waals surface area contributed by atoms with Gasteiger partial charge in [-0.05, 0) is 12.8 Å². The van der Waals surface area contributed by atoms with Crippen molar-refractivity contribution in [2.45, 2.75) is 19.3 Å². The SMILES string of the molecule is NNC(=O)CCCCOc1c(Cl)c(Cl)c(Cl)c(Cl)c1Cl. The topological polar surface area (TPSA) is 64.3 Å². The van der Waals surface area contributed by atoms with Gasteiger partial charge >= 0.3 is 0 Å². The third-order valence-corrected chi connectivity index (χ3v) is 4.62. The van der Waals surface area contributed by atoms with Gasteiger partial charge in [-0.3, -0.25) is 10.2 Å². The molecule has 0 saturated heterocycles. The predicted octanol–water partition coefficient (Wildman–Crippen LogP) is 4.49. The molecular formula is C11H11Cl5N2O2. The minimum Gasteiger partial charge on any atom is -0.490 e. The van der Waals surface area contributed by atoms with E-state index in [9.17, 15) is 4.79 Å². The molecule has 0 aliphatic rings. The molecular weight excluding hydrogens is 369 g/mol. The lowest BCUT2D eigenvalue weighted by molar-refractivity contribution is -0.121. The van der Waals surface area contributed by atoms with Gasteiger partial charge < -0.3 is 4.74 Å². The second-order valence-corrected chi connectivity index (χ2v) is 5.66. The third-order valence-electron chi connectivity index (χ3n) is 2.38. The zero-order chi connectivity index (χ0) is 15.3.